The van der Waals surface area contributed by atoms with Crippen molar-refractivity contribution in [2.24, 2.45) is 5.73 Å². The van der Waals surface area contributed by atoms with E-state index in [1.54, 1.807) is 18.4 Å². The highest BCUT2D eigenvalue weighted by Gasteiger charge is 2.45. The molecule has 0 saturated heterocycles. The van der Waals surface area contributed by atoms with Crippen LogP contribution in [0.25, 0.3) is 11.6 Å². The molecular weight excluding hydrogens is 182 g/mol. The second-order valence-electron chi connectivity index (χ2n) is 3.56. The Hall–Kier alpha value is -1.62. The molecule has 0 radical (unpaired) electrons. The van der Waals surface area contributed by atoms with E-state index >= 15 is 0 Å². The molecule has 0 unspecified atom stereocenters. The molecule has 1 fully saturated rings. The molecule has 2 heterocycles. The first-order valence-electron chi connectivity index (χ1n) is 4.45. The summed E-state index contributed by atoms with van der Waals surface area (Å²) in [6, 6.07) is 3.56. The van der Waals surface area contributed by atoms with Crippen LogP contribution in [0.5, 0.6) is 0 Å². The fourth-order valence-electron chi connectivity index (χ4n) is 1.28. The van der Waals surface area contributed by atoms with Gasteiger partial charge >= 0.3 is 0 Å². The van der Waals surface area contributed by atoms with E-state index in [4.69, 9.17) is 14.7 Å². The molecule has 0 spiro atoms. The minimum atomic E-state index is -0.377. The number of hydrogen-bond donors (Lipinski definition) is 1. The van der Waals surface area contributed by atoms with Gasteiger partial charge < -0.3 is 14.7 Å². The Morgan fingerprint density at radius 2 is 2.29 bits per heavy atom. The lowest BCUT2D eigenvalue weighted by atomic mass is 10.3. The van der Waals surface area contributed by atoms with Gasteiger partial charge in [-0.3, -0.25) is 0 Å². The van der Waals surface area contributed by atoms with Gasteiger partial charge in [0.05, 0.1) is 11.8 Å². The minimum absolute atomic E-state index is 0.377. The van der Waals surface area contributed by atoms with Crippen molar-refractivity contribution in [3.8, 4) is 11.6 Å². The van der Waals surface area contributed by atoms with Gasteiger partial charge in [0.25, 0.3) is 0 Å². The second-order valence-corrected chi connectivity index (χ2v) is 3.56. The third-order valence-electron chi connectivity index (χ3n) is 2.38. The van der Waals surface area contributed by atoms with Gasteiger partial charge in [0, 0.05) is 0 Å². The highest BCUT2D eigenvalue weighted by molar-refractivity contribution is 5.45. The first-order chi connectivity index (χ1) is 6.78. The van der Waals surface area contributed by atoms with E-state index in [1.165, 1.54) is 0 Å². The Kier molecular flexibility index (Phi) is 1.36. The molecule has 14 heavy (non-hydrogen) atoms. The van der Waals surface area contributed by atoms with Crippen LogP contribution >= 0.6 is 0 Å². The molecule has 5 heteroatoms. The third-order valence-corrected chi connectivity index (χ3v) is 2.38. The zero-order valence-electron chi connectivity index (χ0n) is 7.43. The molecular formula is C9H9N3O2. The number of nitrogens with zero attached hydrogens (tertiary/aromatic N) is 2. The summed E-state index contributed by atoms with van der Waals surface area (Å²) in [6.45, 7) is 0. The quantitative estimate of drug-likeness (QED) is 0.773. The number of rotatable bonds is 2. The standard InChI is InChI=1S/C9H9N3O2/c10-9(3-4-9)8-11-7(12-14-8)6-2-1-5-13-6/h1-2,5H,3-4,10H2. The van der Waals surface area contributed by atoms with Crippen molar-refractivity contribution in [3.63, 3.8) is 0 Å². The van der Waals surface area contributed by atoms with E-state index in [-0.39, 0.29) is 5.54 Å². The van der Waals surface area contributed by atoms with Crippen molar-refractivity contribution in [1.29, 1.82) is 0 Å². The van der Waals surface area contributed by atoms with Crippen LogP contribution in [-0.4, -0.2) is 10.1 Å². The summed E-state index contributed by atoms with van der Waals surface area (Å²) in [5.41, 5.74) is 5.53. The maximum absolute atomic E-state index is 5.91. The molecule has 1 aliphatic rings. The molecule has 2 aromatic heterocycles. The fraction of sp³-hybridized carbons (Fsp3) is 0.333. The normalized spacial score (nSPS) is 18.4. The van der Waals surface area contributed by atoms with Crippen LogP contribution in [0.4, 0.5) is 0 Å². The topological polar surface area (TPSA) is 78.1 Å². The highest BCUT2D eigenvalue weighted by Crippen LogP contribution is 2.42. The van der Waals surface area contributed by atoms with Gasteiger partial charge in [-0.2, -0.15) is 4.98 Å². The van der Waals surface area contributed by atoms with Crippen molar-refractivity contribution >= 4 is 0 Å². The zero-order chi connectivity index (χ0) is 9.60. The monoisotopic (exact) mass is 191 g/mol. The maximum Gasteiger partial charge on any atom is 0.247 e. The first kappa shape index (κ1) is 7.75. The smallest absolute Gasteiger partial charge is 0.247 e. The molecule has 72 valence electrons. The minimum Gasteiger partial charge on any atom is -0.461 e. The van der Waals surface area contributed by atoms with Crippen LogP contribution in [0.2, 0.25) is 0 Å². The molecule has 1 aliphatic carbocycles. The van der Waals surface area contributed by atoms with Crippen molar-refractivity contribution < 1.29 is 8.94 Å². The number of hydrogen-bond acceptors (Lipinski definition) is 5. The molecule has 1 saturated carbocycles. The Balaban J connectivity index is 1.98. The number of furan rings is 1. The van der Waals surface area contributed by atoms with Gasteiger partial charge in [0.1, 0.15) is 0 Å². The number of aromatic nitrogens is 2. The largest absolute Gasteiger partial charge is 0.461 e. The molecule has 2 N–H and O–H groups in total. The Bertz CT molecular complexity index is 442. The molecule has 0 aromatic carbocycles. The summed E-state index contributed by atoms with van der Waals surface area (Å²) in [5, 5.41) is 3.81. The third kappa shape index (κ3) is 1.06. The lowest BCUT2D eigenvalue weighted by Crippen LogP contribution is -2.18. The number of nitrogens with two attached hydrogens (primary N) is 1. The Labute approximate surface area is 79.9 Å². The van der Waals surface area contributed by atoms with Crippen molar-refractivity contribution in [2.45, 2.75) is 18.4 Å². The van der Waals surface area contributed by atoms with Gasteiger partial charge in [-0.1, -0.05) is 5.16 Å². The van der Waals surface area contributed by atoms with E-state index in [9.17, 15) is 0 Å². The molecule has 0 atom stereocenters. The average Bonchev–Trinajstić information content (AvgIpc) is 2.73. The van der Waals surface area contributed by atoms with Gasteiger partial charge in [0.2, 0.25) is 11.7 Å². The molecule has 0 aliphatic heterocycles. The first-order valence-corrected chi connectivity index (χ1v) is 4.45. The lowest BCUT2D eigenvalue weighted by Gasteiger charge is -1.97. The van der Waals surface area contributed by atoms with Crippen LogP contribution in [0.15, 0.2) is 27.3 Å². The molecule has 3 rings (SSSR count). The predicted octanol–water partition coefficient (Wildman–Crippen LogP) is 1.28. The lowest BCUT2D eigenvalue weighted by molar-refractivity contribution is 0.347. The highest BCUT2D eigenvalue weighted by atomic mass is 16.5. The summed E-state index contributed by atoms with van der Waals surface area (Å²) in [4.78, 5) is 4.19. The van der Waals surface area contributed by atoms with Crippen molar-refractivity contribution in [1.82, 2.24) is 10.1 Å². The van der Waals surface area contributed by atoms with E-state index in [0.29, 0.717) is 17.5 Å². The van der Waals surface area contributed by atoms with E-state index in [2.05, 4.69) is 10.1 Å². The molecule has 5 nitrogen and oxygen atoms in total. The Morgan fingerprint density at radius 1 is 1.43 bits per heavy atom. The summed E-state index contributed by atoms with van der Waals surface area (Å²) in [5.74, 6) is 1.56. The van der Waals surface area contributed by atoms with E-state index in [0.717, 1.165) is 12.8 Å². The van der Waals surface area contributed by atoms with Crippen LogP contribution in [0, 0.1) is 0 Å². The van der Waals surface area contributed by atoms with Gasteiger partial charge in [0.15, 0.2) is 5.76 Å². The van der Waals surface area contributed by atoms with Crippen LogP contribution in [-0.2, 0) is 5.54 Å². The van der Waals surface area contributed by atoms with Gasteiger partial charge in [-0.15, -0.1) is 0 Å². The van der Waals surface area contributed by atoms with Crippen LogP contribution in [0.1, 0.15) is 18.7 Å². The van der Waals surface area contributed by atoms with Gasteiger partial charge in [-0.25, -0.2) is 0 Å². The molecule has 2 aromatic rings. The molecule has 0 bridgehead atoms. The predicted molar refractivity (Wildman–Crippen MR) is 47.1 cm³/mol. The second kappa shape index (κ2) is 2.45. The molecule has 0 amide bonds. The van der Waals surface area contributed by atoms with E-state index in [1.807, 2.05) is 0 Å². The summed E-state index contributed by atoms with van der Waals surface area (Å²) >= 11 is 0. The SMILES string of the molecule is NC1(c2nc(-c3ccco3)no2)CC1. The summed E-state index contributed by atoms with van der Waals surface area (Å²) < 4.78 is 10.2. The van der Waals surface area contributed by atoms with Gasteiger partial charge in [-0.05, 0) is 25.0 Å². The fourth-order valence-corrected chi connectivity index (χ4v) is 1.28. The zero-order valence-corrected chi connectivity index (χ0v) is 7.43. The summed E-state index contributed by atoms with van der Waals surface area (Å²) in [6.07, 6.45) is 3.39. The van der Waals surface area contributed by atoms with Crippen molar-refractivity contribution in [2.75, 3.05) is 0 Å². The maximum atomic E-state index is 5.91. The van der Waals surface area contributed by atoms with E-state index < -0.39 is 0 Å². The van der Waals surface area contributed by atoms with Crippen LogP contribution < -0.4 is 5.73 Å². The average molecular weight is 191 g/mol. The Morgan fingerprint density at radius 3 is 2.93 bits per heavy atom. The van der Waals surface area contributed by atoms with Crippen molar-refractivity contribution in [3.05, 3.63) is 24.3 Å². The summed E-state index contributed by atoms with van der Waals surface area (Å²) in [7, 11) is 0. The van der Waals surface area contributed by atoms with Crippen LogP contribution in [0.3, 0.4) is 0 Å².